The molecule has 2 aromatic carbocycles. The Morgan fingerprint density at radius 3 is 2.75 bits per heavy atom. The molecule has 4 aromatic rings. The quantitative estimate of drug-likeness (QED) is 0.369. The lowest BCUT2D eigenvalue weighted by Crippen LogP contribution is -2.27. The first-order valence-electron chi connectivity index (χ1n) is 10.3. The minimum Gasteiger partial charge on any atom is -0.497 e. The third kappa shape index (κ3) is 5.59. The van der Waals surface area contributed by atoms with Crippen LogP contribution in [0.15, 0.2) is 82.6 Å². The zero-order chi connectivity index (χ0) is 22.2. The maximum atomic E-state index is 12.4. The smallest absolute Gasteiger partial charge is 0.230 e. The maximum Gasteiger partial charge on any atom is 0.230 e. The van der Waals surface area contributed by atoms with Crippen molar-refractivity contribution in [3.8, 4) is 17.1 Å². The number of hydrogen-bond acceptors (Lipinski definition) is 6. The van der Waals surface area contributed by atoms with Crippen molar-refractivity contribution in [2.24, 2.45) is 0 Å². The van der Waals surface area contributed by atoms with E-state index in [1.165, 1.54) is 17.3 Å². The molecule has 7 nitrogen and oxygen atoms in total. The van der Waals surface area contributed by atoms with Gasteiger partial charge in [0.2, 0.25) is 5.91 Å². The van der Waals surface area contributed by atoms with E-state index in [0.717, 1.165) is 23.5 Å². The van der Waals surface area contributed by atoms with Crippen molar-refractivity contribution >= 4 is 17.7 Å². The minimum absolute atomic E-state index is 0.0404. The molecule has 32 heavy (non-hydrogen) atoms. The van der Waals surface area contributed by atoms with Crippen LogP contribution in [0, 0.1) is 0 Å². The van der Waals surface area contributed by atoms with Gasteiger partial charge >= 0.3 is 0 Å². The van der Waals surface area contributed by atoms with Crippen LogP contribution in [0.3, 0.4) is 0 Å². The Bertz CT molecular complexity index is 1140. The second kappa shape index (κ2) is 10.7. The van der Waals surface area contributed by atoms with Crippen molar-refractivity contribution < 1.29 is 13.9 Å². The van der Waals surface area contributed by atoms with Crippen molar-refractivity contribution in [2.75, 3.05) is 19.4 Å². The normalized spacial score (nSPS) is 10.8. The van der Waals surface area contributed by atoms with Crippen LogP contribution in [-0.2, 0) is 17.8 Å². The summed E-state index contributed by atoms with van der Waals surface area (Å²) < 4.78 is 12.8. The van der Waals surface area contributed by atoms with E-state index in [9.17, 15) is 4.79 Å². The van der Waals surface area contributed by atoms with E-state index in [1.807, 2.05) is 59.2 Å². The Morgan fingerprint density at radius 2 is 1.97 bits per heavy atom. The van der Waals surface area contributed by atoms with Crippen LogP contribution in [-0.4, -0.2) is 40.1 Å². The summed E-state index contributed by atoms with van der Waals surface area (Å²) in [6, 6.07) is 21.5. The fourth-order valence-electron chi connectivity index (χ4n) is 3.24. The van der Waals surface area contributed by atoms with E-state index in [4.69, 9.17) is 9.15 Å². The summed E-state index contributed by atoms with van der Waals surface area (Å²) in [7, 11) is 1.63. The van der Waals surface area contributed by atoms with E-state index in [2.05, 4.69) is 27.6 Å². The van der Waals surface area contributed by atoms with Gasteiger partial charge in [-0.05, 0) is 36.2 Å². The van der Waals surface area contributed by atoms with E-state index in [1.54, 1.807) is 13.4 Å². The first-order chi connectivity index (χ1) is 15.7. The van der Waals surface area contributed by atoms with Gasteiger partial charge in [0.25, 0.3) is 0 Å². The number of furan rings is 1. The number of nitrogens with zero attached hydrogens (tertiary/aromatic N) is 3. The van der Waals surface area contributed by atoms with Crippen molar-refractivity contribution in [1.29, 1.82) is 0 Å². The fraction of sp³-hybridized carbons (Fsp3) is 0.208. The summed E-state index contributed by atoms with van der Waals surface area (Å²) >= 11 is 1.35. The molecule has 0 aliphatic carbocycles. The average Bonchev–Trinajstić information content (AvgIpc) is 3.49. The summed E-state index contributed by atoms with van der Waals surface area (Å²) in [5.74, 6) is 2.42. The van der Waals surface area contributed by atoms with Crippen LogP contribution in [0.25, 0.3) is 11.4 Å². The molecule has 2 aromatic heterocycles. The molecule has 0 atom stereocenters. The Hall–Kier alpha value is -3.52. The van der Waals surface area contributed by atoms with Gasteiger partial charge in [-0.25, -0.2) is 0 Å². The van der Waals surface area contributed by atoms with Crippen LogP contribution in [0.2, 0.25) is 0 Å². The molecule has 4 rings (SSSR count). The van der Waals surface area contributed by atoms with Crippen molar-refractivity contribution in [2.45, 2.75) is 18.1 Å². The second-order valence-corrected chi connectivity index (χ2v) is 8.02. The molecule has 1 amide bonds. The molecule has 0 unspecified atom stereocenters. The number of benzene rings is 2. The lowest BCUT2D eigenvalue weighted by molar-refractivity contribution is -0.118. The highest BCUT2D eigenvalue weighted by atomic mass is 32.2. The van der Waals surface area contributed by atoms with Crippen LogP contribution in [0.5, 0.6) is 5.75 Å². The highest BCUT2D eigenvalue weighted by Gasteiger charge is 2.17. The first kappa shape index (κ1) is 21.7. The Balaban J connectivity index is 1.44. The number of thioether (sulfide) groups is 1. The standard InChI is InChI=1S/C24H24N4O3S/c1-30-20-10-5-9-19(15-20)23-26-27-24(28(23)16-21-11-6-14-31-21)32-17-22(29)25-13-12-18-7-3-2-4-8-18/h2-11,14-15H,12-13,16-17H2,1H3,(H,25,29). The fourth-order valence-corrected chi connectivity index (χ4v) is 4.01. The molecule has 0 aliphatic rings. The molecule has 0 spiro atoms. The highest BCUT2D eigenvalue weighted by Crippen LogP contribution is 2.27. The van der Waals surface area contributed by atoms with E-state index in [-0.39, 0.29) is 11.7 Å². The van der Waals surface area contributed by atoms with E-state index < -0.39 is 0 Å². The summed E-state index contributed by atoms with van der Waals surface area (Å²) in [5, 5.41) is 12.3. The van der Waals surface area contributed by atoms with Gasteiger partial charge in [0.15, 0.2) is 11.0 Å². The van der Waals surface area contributed by atoms with Crippen LogP contribution < -0.4 is 10.1 Å². The minimum atomic E-state index is -0.0404. The predicted molar refractivity (Wildman–Crippen MR) is 124 cm³/mol. The summed E-state index contributed by atoms with van der Waals surface area (Å²) in [6.45, 7) is 1.06. The largest absolute Gasteiger partial charge is 0.497 e. The number of amides is 1. The number of nitrogens with one attached hydrogen (secondary N) is 1. The van der Waals surface area contributed by atoms with Crippen molar-refractivity contribution in [3.05, 3.63) is 84.3 Å². The third-order valence-electron chi connectivity index (χ3n) is 4.85. The molecule has 0 aliphatic heterocycles. The van der Waals surface area contributed by atoms with E-state index in [0.29, 0.717) is 24.1 Å². The predicted octanol–water partition coefficient (Wildman–Crippen LogP) is 4.05. The lowest BCUT2D eigenvalue weighted by atomic mass is 10.1. The van der Waals surface area contributed by atoms with Gasteiger partial charge in [0, 0.05) is 12.1 Å². The monoisotopic (exact) mass is 448 g/mol. The highest BCUT2D eigenvalue weighted by molar-refractivity contribution is 7.99. The third-order valence-corrected chi connectivity index (χ3v) is 5.82. The van der Waals surface area contributed by atoms with Gasteiger partial charge in [-0.15, -0.1) is 10.2 Å². The number of rotatable bonds is 10. The topological polar surface area (TPSA) is 82.2 Å². The van der Waals surface area contributed by atoms with Crippen molar-refractivity contribution in [3.63, 3.8) is 0 Å². The van der Waals surface area contributed by atoms with Gasteiger partial charge in [0.1, 0.15) is 11.5 Å². The van der Waals surface area contributed by atoms with E-state index >= 15 is 0 Å². The molecule has 0 radical (unpaired) electrons. The molecule has 1 N–H and O–H groups in total. The zero-order valence-corrected chi connectivity index (χ0v) is 18.5. The Kier molecular flexibility index (Phi) is 7.24. The van der Waals surface area contributed by atoms with Crippen LogP contribution in [0.4, 0.5) is 0 Å². The van der Waals surface area contributed by atoms with Gasteiger partial charge in [-0.1, -0.05) is 54.2 Å². The number of carbonyl (C=O) groups excluding carboxylic acids is 1. The molecule has 0 bridgehead atoms. The molecular weight excluding hydrogens is 424 g/mol. The molecule has 2 heterocycles. The Labute approximate surface area is 190 Å². The average molecular weight is 449 g/mol. The van der Waals surface area contributed by atoms with Crippen molar-refractivity contribution in [1.82, 2.24) is 20.1 Å². The molecule has 0 fully saturated rings. The number of ether oxygens (including phenoxy) is 1. The number of hydrogen-bond donors (Lipinski definition) is 1. The summed E-state index contributed by atoms with van der Waals surface area (Å²) in [5.41, 5.74) is 2.07. The van der Waals surface area contributed by atoms with Crippen LogP contribution in [0.1, 0.15) is 11.3 Å². The molecule has 0 saturated heterocycles. The lowest BCUT2D eigenvalue weighted by Gasteiger charge is -2.10. The first-order valence-corrected chi connectivity index (χ1v) is 11.2. The number of carbonyl (C=O) groups is 1. The van der Waals surface area contributed by atoms with Gasteiger partial charge < -0.3 is 14.5 Å². The Morgan fingerprint density at radius 1 is 1.09 bits per heavy atom. The van der Waals surface area contributed by atoms with Crippen LogP contribution >= 0.6 is 11.8 Å². The molecular formula is C24H24N4O3S. The second-order valence-electron chi connectivity index (χ2n) is 7.08. The number of aromatic nitrogens is 3. The van der Waals surface area contributed by atoms with Gasteiger partial charge in [-0.2, -0.15) is 0 Å². The number of methoxy groups -OCH3 is 1. The molecule has 0 saturated carbocycles. The SMILES string of the molecule is COc1cccc(-c2nnc(SCC(=O)NCCc3ccccc3)n2Cc2ccco2)c1. The zero-order valence-electron chi connectivity index (χ0n) is 17.7. The molecule has 164 valence electrons. The summed E-state index contributed by atoms with van der Waals surface area (Å²) in [6.07, 6.45) is 2.43. The maximum absolute atomic E-state index is 12.4. The van der Waals surface area contributed by atoms with Gasteiger partial charge in [-0.3, -0.25) is 9.36 Å². The molecule has 8 heteroatoms. The van der Waals surface area contributed by atoms with Gasteiger partial charge in [0.05, 0.1) is 25.7 Å². The summed E-state index contributed by atoms with van der Waals surface area (Å²) in [4.78, 5) is 12.4.